The standard InChI is InChI=1S/C67H62BN3/c1-44-36-62-64-63(37-44)71(59-34-31-49(65(3,4)5)39-53(59)47-24-16-11-17-25-47)61-42-55-54(66(6,7)43-67(55,8)9)41-57(61)68(64)56-40-52(69(50-26-18-12-19-27-50)51-28-20-13-21-29-51)32-35-60(56)70(62)58-33-30-48(38-45(58)2)46-22-14-10-15-23-46/h10-42H,43H2,1-9H3/i1D3. The Hall–Kier alpha value is -7.56. The Labute approximate surface area is 426 Å². The highest BCUT2D eigenvalue weighted by Crippen LogP contribution is 2.54. The van der Waals surface area contributed by atoms with Crippen molar-refractivity contribution >= 4 is 74.3 Å². The minimum Gasteiger partial charge on any atom is -0.311 e. The Bertz CT molecular complexity index is 3600. The molecule has 9 aromatic carbocycles. The molecule has 0 atom stereocenters. The van der Waals surface area contributed by atoms with Crippen LogP contribution in [0.5, 0.6) is 0 Å². The third-order valence-electron chi connectivity index (χ3n) is 15.6. The van der Waals surface area contributed by atoms with Crippen molar-refractivity contribution in [1.29, 1.82) is 0 Å². The largest absolute Gasteiger partial charge is 0.311 e. The number of benzene rings is 9. The molecule has 0 saturated heterocycles. The molecule has 0 spiro atoms. The third-order valence-corrected chi connectivity index (χ3v) is 15.6. The van der Waals surface area contributed by atoms with Crippen molar-refractivity contribution in [2.24, 2.45) is 0 Å². The molecule has 0 amide bonds. The summed E-state index contributed by atoms with van der Waals surface area (Å²) >= 11 is 0. The summed E-state index contributed by atoms with van der Waals surface area (Å²) in [6.07, 6.45) is 1.01. The molecule has 0 radical (unpaired) electrons. The van der Waals surface area contributed by atoms with Crippen LogP contribution in [0.3, 0.4) is 0 Å². The minimum atomic E-state index is -2.41. The summed E-state index contributed by atoms with van der Waals surface area (Å²) in [5, 5.41) is 0. The van der Waals surface area contributed by atoms with Gasteiger partial charge in [-0.3, -0.25) is 0 Å². The second-order valence-electron chi connectivity index (χ2n) is 22.4. The Morgan fingerprint density at radius 2 is 1.01 bits per heavy atom. The van der Waals surface area contributed by atoms with E-state index in [1.165, 1.54) is 22.2 Å². The molecule has 71 heavy (non-hydrogen) atoms. The second-order valence-corrected chi connectivity index (χ2v) is 22.4. The number of para-hydroxylation sites is 2. The summed E-state index contributed by atoms with van der Waals surface area (Å²) in [5.74, 6) is 0. The average Bonchev–Trinajstić information content (AvgIpc) is 3.58. The van der Waals surface area contributed by atoms with Crippen molar-refractivity contribution in [3.8, 4) is 22.3 Å². The van der Waals surface area contributed by atoms with Crippen LogP contribution in [0.2, 0.25) is 0 Å². The van der Waals surface area contributed by atoms with Gasteiger partial charge in [0.15, 0.2) is 0 Å². The van der Waals surface area contributed by atoms with E-state index in [-0.39, 0.29) is 23.0 Å². The van der Waals surface area contributed by atoms with Crippen LogP contribution in [0, 0.1) is 13.8 Å². The number of aryl methyl sites for hydroxylation is 2. The van der Waals surface area contributed by atoms with Gasteiger partial charge in [0.2, 0.25) is 0 Å². The third kappa shape index (κ3) is 7.41. The highest BCUT2D eigenvalue weighted by atomic mass is 15.2. The van der Waals surface area contributed by atoms with Crippen LogP contribution < -0.4 is 31.1 Å². The smallest absolute Gasteiger partial charge is 0.252 e. The maximum Gasteiger partial charge on any atom is 0.252 e. The SMILES string of the molecule is [2H]C([2H])([2H])c1cc2c3c(c1)N(c1ccc(C(C)(C)C)cc1-c1ccccc1)c1cc4c(cc1B3c1cc(N(c3ccccc3)c3ccccc3)ccc1N2c1ccc(-c2ccccc2)cc1C)C(C)(C)CC4(C)C. The van der Waals surface area contributed by atoms with Gasteiger partial charge in [-0.2, -0.15) is 0 Å². The fourth-order valence-corrected chi connectivity index (χ4v) is 12.5. The van der Waals surface area contributed by atoms with E-state index in [0.717, 1.165) is 96.4 Å². The topological polar surface area (TPSA) is 9.72 Å². The number of anilines is 9. The van der Waals surface area contributed by atoms with E-state index in [1.807, 2.05) is 12.1 Å². The van der Waals surface area contributed by atoms with E-state index < -0.39 is 6.85 Å². The van der Waals surface area contributed by atoms with E-state index >= 15 is 0 Å². The van der Waals surface area contributed by atoms with Crippen LogP contribution in [0.1, 0.15) is 86.8 Å². The number of hydrogen-bond acceptors (Lipinski definition) is 3. The quantitative estimate of drug-likeness (QED) is 0.148. The predicted octanol–water partition coefficient (Wildman–Crippen LogP) is 16.4. The molecule has 0 aromatic heterocycles. The number of rotatable bonds is 7. The van der Waals surface area contributed by atoms with Crippen LogP contribution in [-0.2, 0) is 16.2 Å². The first-order valence-electron chi connectivity index (χ1n) is 26.8. The maximum atomic E-state index is 9.23. The van der Waals surface area contributed by atoms with Gasteiger partial charge in [-0.1, -0.05) is 164 Å². The highest BCUT2D eigenvalue weighted by molar-refractivity contribution is 7.00. The van der Waals surface area contributed by atoms with E-state index in [1.54, 1.807) is 0 Å². The zero-order valence-corrected chi connectivity index (χ0v) is 42.2. The number of fused-ring (bicyclic) bond motifs is 5. The Kier molecular flexibility index (Phi) is 9.60. The lowest BCUT2D eigenvalue weighted by atomic mass is 9.33. The van der Waals surface area contributed by atoms with Crippen molar-refractivity contribution in [1.82, 2.24) is 0 Å². The molecular weight excluding hydrogens is 858 g/mol. The Morgan fingerprint density at radius 3 is 1.61 bits per heavy atom. The summed E-state index contributed by atoms with van der Waals surface area (Å²) < 4.78 is 27.7. The summed E-state index contributed by atoms with van der Waals surface area (Å²) in [7, 11) is 0. The molecule has 12 rings (SSSR count). The summed E-state index contributed by atoms with van der Waals surface area (Å²) in [6.45, 7) is 15.9. The molecule has 348 valence electrons. The molecule has 3 nitrogen and oxygen atoms in total. The van der Waals surface area contributed by atoms with Crippen LogP contribution in [-0.4, -0.2) is 6.71 Å². The van der Waals surface area contributed by atoms with Crippen molar-refractivity contribution in [3.05, 3.63) is 228 Å². The van der Waals surface area contributed by atoms with Gasteiger partial charge in [0, 0.05) is 55.2 Å². The molecule has 0 unspecified atom stereocenters. The van der Waals surface area contributed by atoms with Gasteiger partial charge in [-0.05, 0) is 182 Å². The van der Waals surface area contributed by atoms with Crippen molar-refractivity contribution in [2.45, 2.75) is 84.9 Å². The average molecular weight is 923 g/mol. The van der Waals surface area contributed by atoms with E-state index in [2.05, 4.69) is 258 Å². The highest BCUT2D eigenvalue weighted by Gasteiger charge is 2.48. The van der Waals surface area contributed by atoms with E-state index in [9.17, 15) is 4.11 Å². The van der Waals surface area contributed by atoms with Gasteiger partial charge in [0.25, 0.3) is 6.71 Å². The Morgan fingerprint density at radius 1 is 0.479 bits per heavy atom. The lowest BCUT2D eigenvalue weighted by Crippen LogP contribution is -2.61. The molecule has 2 heterocycles. The molecule has 2 aliphatic heterocycles. The molecule has 0 fully saturated rings. The summed E-state index contributed by atoms with van der Waals surface area (Å²) in [6, 6.07) is 72.1. The monoisotopic (exact) mass is 923 g/mol. The number of nitrogens with zero attached hydrogens (tertiary/aromatic N) is 3. The lowest BCUT2D eigenvalue weighted by molar-refractivity contribution is 0.403. The van der Waals surface area contributed by atoms with Gasteiger partial charge in [-0.15, -0.1) is 0 Å². The van der Waals surface area contributed by atoms with Gasteiger partial charge in [0.05, 0.1) is 5.69 Å². The van der Waals surface area contributed by atoms with Crippen LogP contribution in [0.15, 0.2) is 200 Å². The van der Waals surface area contributed by atoms with Crippen molar-refractivity contribution in [2.75, 3.05) is 14.7 Å². The van der Waals surface area contributed by atoms with Crippen LogP contribution >= 0.6 is 0 Å². The molecule has 0 bridgehead atoms. The van der Waals surface area contributed by atoms with Gasteiger partial charge >= 0.3 is 0 Å². The van der Waals surface area contributed by atoms with Crippen molar-refractivity contribution < 1.29 is 4.11 Å². The first-order valence-corrected chi connectivity index (χ1v) is 25.3. The zero-order chi connectivity index (χ0) is 51.5. The van der Waals surface area contributed by atoms with E-state index in [4.69, 9.17) is 0 Å². The fraction of sp³-hybridized carbons (Fsp3) is 0.194. The first kappa shape index (κ1) is 41.2. The van der Waals surface area contributed by atoms with Gasteiger partial charge in [0.1, 0.15) is 0 Å². The zero-order valence-electron chi connectivity index (χ0n) is 45.2. The van der Waals surface area contributed by atoms with Gasteiger partial charge in [-0.25, -0.2) is 0 Å². The normalized spacial score (nSPS) is 15.7. The van der Waals surface area contributed by atoms with Crippen LogP contribution in [0.25, 0.3) is 22.3 Å². The molecule has 0 saturated carbocycles. The van der Waals surface area contributed by atoms with Crippen molar-refractivity contribution in [3.63, 3.8) is 0 Å². The summed E-state index contributed by atoms with van der Waals surface area (Å²) in [4.78, 5) is 7.16. The molecule has 9 aromatic rings. The molecular formula is C67H62BN3. The first-order chi connectivity index (χ1) is 35.4. The molecule has 3 aliphatic rings. The maximum absolute atomic E-state index is 9.23. The molecule has 1 aliphatic carbocycles. The minimum absolute atomic E-state index is 0.0864. The molecule has 0 N–H and O–H groups in total. The van der Waals surface area contributed by atoms with Gasteiger partial charge < -0.3 is 14.7 Å². The summed E-state index contributed by atoms with van der Waals surface area (Å²) in [5.41, 5.74) is 22.0. The predicted molar refractivity (Wildman–Crippen MR) is 305 cm³/mol. The van der Waals surface area contributed by atoms with Crippen LogP contribution in [0.4, 0.5) is 51.2 Å². The lowest BCUT2D eigenvalue weighted by Gasteiger charge is -2.46. The Balaban J connectivity index is 1.22. The molecule has 4 heteroatoms. The second kappa shape index (κ2) is 16.5. The van der Waals surface area contributed by atoms with E-state index in [0.29, 0.717) is 5.56 Å². The fourth-order valence-electron chi connectivity index (χ4n) is 12.5. The number of hydrogen-bond donors (Lipinski definition) is 0.